The molecule has 2 aromatic heterocycles. The molecule has 0 N–H and O–H groups in total. The molecule has 0 unspecified atom stereocenters. The first-order valence-corrected chi connectivity index (χ1v) is 17.9. The monoisotopic (exact) mass is 660 g/mol. The number of aromatic nitrogens is 2. The van der Waals surface area contributed by atoms with Gasteiger partial charge in [0.1, 0.15) is 0 Å². The molecular formula is C50H32N2. The Morgan fingerprint density at radius 3 is 1.40 bits per heavy atom. The molecule has 0 aliphatic heterocycles. The molecule has 11 aromatic rings. The number of rotatable bonds is 4. The van der Waals surface area contributed by atoms with Crippen LogP contribution in [0.4, 0.5) is 0 Å². The number of benzene rings is 9. The molecule has 2 heterocycles. The third-order valence-electron chi connectivity index (χ3n) is 10.9. The number of para-hydroxylation sites is 3. The maximum absolute atomic E-state index is 2.43. The van der Waals surface area contributed by atoms with Crippen LogP contribution in [0.25, 0.3) is 98.8 Å². The van der Waals surface area contributed by atoms with E-state index in [1.165, 1.54) is 93.1 Å². The van der Waals surface area contributed by atoms with E-state index in [4.69, 9.17) is 0 Å². The van der Waals surface area contributed by atoms with Gasteiger partial charge in [-0.05, 0) is 104 Å². The van der Waals surface area contributed by atoms with Gasteiger partial charge in [-0.3, -0.25) is 0 Å². The fourth-order valence-electron chi connectivity index (χ4n) is 8.52. The van der Waals surface area contributed by atoms with Crippen LogP contribution in [0.3, 0.4) is 0 Å². The largest absolute Gasteiger partial charge is 0.309 e. The Hall–Kier alpha value is -6.90. The lowest BCUT2D eigenvalue weighted by Gasteiger charge is -2.12. The highest BCUT2D eigenvalue weighted by atomic mass is 15.0. The zero-order chi connectivity index (χ0) is 34.2. The van der Waals surface area contributed by atoms with E-state index < -0.39 is 0 Å². The number of nitrogens with zero attached hydrogens (tertiary/aromatic N) is 2. The van der Waals surface area contributed by atoms with Crippen molar-refractivity contribution in [2.24, 2.45) is 0 Å². The van der Waals surface area contributed by atoms with E-state index in [0.717, 1.165) is 5.69 Å². The molecule has 0 spiro atoms. The molecule has 0 amide bonds. The zero-order valence-corrected chi connectivity index (χ0v) is 28.4. The van der Waals surface area contributed by atoms with Gasteiger partial charge in [0.05, 0.1) is 22.1 Å². The number of hydrogen-bond donors (Lipinski definition) is 0. The van der Waals surface area contributed by atoms with E-state index in [2.05, 4.69) is 203 Å². The zero-order valence-electron chi connectivity index (χ0n) is 28.4. The van der Waals surface area contributed by atoms with Crippen molar-refractivity contribution in [3.05, 3.63) is 194 Å². The van der Waals surface area contributed by atoms with Crippen molar-refractivity contribution in [2.45, 2.75) is 0 Å². The van der Waals surface area contributed by atoms with Crippen LogP contribution < -0.4 is 0 Å². The fraction of sp³-hybridized carbons (Fsp3) is 0. The Labute approximate surface area is 301 Å². The quantitative estimate of drug-likeness (QED) is 0.166. The maximum atomic E-state index is 2.43. The summed E-state index contributed by atoms with van der Waals surface area (Å²) in [7, 11) is 0. The van der Waals surface area contributed by atoms with Crippen LogP contribution in [0.2, 0.25) is 0 Å². The van der Waals surface area contributed by atoms with E-state index in [-0.39, 0.29) is 0 Å². The van der Waals surface area contributed by atoms with E-state index >= 15 is 0 Å². The summed E-state index contributed by atoms with van der Waals surface area (Å²) in [6.07, 6.45) is 0. The smallest absolute Gasteiger partial charge is 0.0547 e. The first kappa shape index (κ1) is 28.9. The van der Waals surface area contributed by atoms with Crippen LogP contribution in [0, 0.1) is 0 Å². The summed E-state index contributed by atoms with van der Waals surface area (Å²) in [5.74, 6) is 0. The van der Waals surface area contributed by atoms with Crippen molar-refractivity contribution >= 4 is 65.2 Å². The SMILES string of the molecule is c1ccc(-n2c3ccccc3c3ccc(-c4ccc5c6cc(-c7cc8ccccc8c8ccccc78)ccc6n(-c6ccccc6)c5c4)cc32)cc1. The van der Waals surface area contributed by atoms with Gasteiger partial charge in [0.25, 0.3) is 0 Å². The van der Waals surface area contributed by atoms with Crippen LogP contribution >= 0.6 is 0 Å². The summed E-state index contributed by atoms with van der Waals surface area (Å²) in [4.78, 5) is 0. The molecule has 0 aliphatic carbocycles. The molecule has 0 saturated heterocycles. The van der Waals surface area contributed by atoms with Gasteiger partial charge in [-0.15, -0.1) is 0 Å². The highest BCUT2D eigenvalue weighted by Crippen LogP contribution is 2.41. The molecule has 2 nitrogen and oxygen atoms in total. The Balaban J connectivity index is 1.14. The molecule has 11 rings (SSSR count). The molecule has 52 heavy (non-hydrogen) atoms. The van der Waals surface area contributed by atoms with Gasteiger partial charge >= 0.3 is 0 Å². The van der Waals surface area contributed by atoms with Crippen molar-refractivity contribution < 1.29 is 0 Å². The summed E-state index contributed by atoms with van der Waals surface area (Å²) in [5, 5.41) is 10.1. The van der Waals surface area contributed by atoms with Crippen molar-refractivity contribution in [3.63, 3.8) is 0 Å². The molecule has 0 aliphatic rings. The van der Waals surface area contributed by atoms with Gasteiger partial charge in [0.2, 0.25) is 0 Å². The average Bonchev–Trinajstić information content (AvgIpc) is 3.73. The van der Waals surface area contributed by atoms with Crippen LogP contribution in [-0.2, 0) is 0 Å². The second-order valence-corrected chi connectivity index (χ2v) is 13.7. The lowest BCUT2D eigenvalue weighted by atomic mass is 9.92. The summed E-state index contributed by atoms with van der Waals surface area (Å²) in [6.45, 7) is 0. The maximum Gasteiger partial charge on any atom is 0.0547 e. The Morgan fingerprint density at radius 2 is 0.731 bits per heavy atom. The fourth-order valence-corrected chi connectivity index (χ4v) is 8.52. The van der Waals surface area contributed by atoms with Crippen LogP contribution in [0.1, 0.15) is 0 Å². The normalized spacial score (nSPS) is 11.8. The van der Waals surface area contributed by atoms with Crippen LogP contribution in [0.5, 0.6) is 0 Å². The molecule has 0 radical (unpaired) electrons. The van der Waals surface area contributed by atoms with Crippen LogP contribution in [-0.4, -0.2) is 9.13 Å². The van der Waals surface area contributed by atoms with Crippen molar-refractivity contribution in [3.8, 4) is 33.6 Å². The summed E-state index contributed by atoms with van der Waals surface area (Å²) >= 11 is 0. The van der Waals surface area contributed by atoms with E-state index in [0.29, 0.717) is 0 Å². The molecule has 0 saturated carbocycles. The predicted molar refractivity (Wildman–Crippen MR) is 221 cm³/mol. The molecule has 0 fully saturated rings. The lowest BCUT2D eigenvalue weighted by Crippen LogP contribution is -1.94. The molecule has 2 heteroatoms. The van der Waals surface area contributed by atoms with Gasteiger partial charge in [-0.2, -0.15) is 0 Å². The van der Waals surface area contributed by atoms with Crippen molar-refractivity contribution in [1.29, 1.82) is 0 Å². The first-order valence-electron chi connectivity index (χ1n) is 17.9. The van der Waals surface area contributed by atoms with Gasteiger partial charge < -0.3 is 9.13 Å². The Bertz CT molecular complexity index is 3160. The minimum absolute atomic E-state index is 1.16. The first-order chi connectivity index (χ1) is 25.8. The third-order valence-corrected chi connectivity index (χ3v) is 10.9. The second kappa shape index (κ2) is 11.3. The van der Waals surface area contributed by atoms with E-state index in [9.17, 15) is 0 Å². The number of fused-ring (bicyclic) bond motifs is 9. The summed E-state index contributed by atoms with van der Waals surface area (Å²) in [5.41, 5.74) is 12.0. The second-order valence-electron chi connectivity index (χ2n) is 13.7. The van der Waals surface area contributed by atoms with Gasteiger partial charge in [-0.1, -0.05) is 133 Å². The highest BCUT2D eigenvalue weighted by molar-refractivity contribution is 6.16. The van der Waals surface area contributed by atoms with Gasteiger partial charge in [0.15, 0.2) is 0 Å². The Kier molecular flexibility index (Phi) is 6.28. The Morgan fingerprint density at radius 1 is 0.250 bits per heavy atom. The van der Waals surface area contributed by atoms with Gasteiger partial charge in [0, 0.05) is 32.9 Å². The number of hydrogen-bond acceptors (Lipinski definition) is 0. The standard InChI is InChI=1S/C50H32N2/c1-3-14-37(15-4-1)51-47-22-12-11-21-42(47)43-26-23-33(31-49(43)51)34-24-27-44-46-30-36(25-28-48(46)52(50(44)32-34)38-16-5-2-6-17-38)45-29-35-13-7-8-18-39(35)40-19-9-10-20-41(40)45/h1-32H. The molecule has 242 valence electrons. The molecule has 0 atom stereocenters. The minimum Gasteiger partial charge on any atom is -0.309 e. The van der Waals surface area contributed by atoms with Gasteiger partial charge in [-0.25, -0.2) is 0 Å². The van der Waals surface area contributed by atoms with Crippen molar-refractivity contribution in [2.75, 3.05) is 0 Å². The van der Waals surface area contributed by atoms with E-state index in [1.807, 2.05) is 0 Å². The minimum atomic E-state index is 1.16. The lowest BCUT2D eigenvalue weighted by molar-refractivity contribution is 1.18. The van der Waals surface area contributed by atoms with E-state index in [1.54, 1.807) is 0 Å². The molecular weight excluding hydrogens is 629 g/mol. The summed E-state index contributed by atoms with van der Waals surface area (Å²) in [6, 6.07) is 71.0. The third kappa shape index (κ3) is 4.31. The predicted octanol–water partition coefficient (Wildman–Crippen LogP) is 13.5. The molecule has 0 bridgehead atoms. The highest BCUT2D eigenvalue weighted by Gasteiger charge is 2.18. The summed E-state index contributed by atoms with van der Waals surface area (Å²) < 4.78 is 4.82. The topological polar surface area (TPSA) is 9.86 Å². The average molecular weight is 661 g/mol. The van der Waals surface area contributed by atoms with Crippen LogP contribution in [0.15, 0.2) is 194 Å². The van der Waals surface area contributed by atoms with Crippen molar-refractivity contribution in [1.82, 2.24) is 9.13 Å². The molecule has 9 aromatic carbocycles.